The number of ether oxygens (including phenoxy) is 2. The van der Waals surface area contributed by atoms with Gasteiger partial charge in [-0.2, -0.15) is 0 Å². The first kappa shape index (κ1) is 23.0. The van der Waals surface area contributed by atoms with Gasteiger partial charge in [-0.05, 0) is 47.9 Å². The van der Waals surface area contributed by atoms with Gasteiger partial charge in [-0.3, -0.25) is 4.79 Å². The fraction of sp³-hybridized carbons (Fsp3) is 0.300. The molecule has 0 spiro atoms. The number of carbonyl (C=O) groups is 1. The van der Waals surface area contributed by atoms with Crippen molar-refractivity contribution in [3.63, 3.8) is 0 Å². The van der Waals surface area contributed by atoms with Gasteiger partial charge in [0.05, 0.1) is 7.11 Å². The van der Waals surface area contributed by atoms with Gasteiger partial charge < -0.3 is 19.7 Å². The lowest BCUT2D eigenvalue weighted by Crippen LogP contribution is -2.68. The van der Waals surface area contributed by atoms with Gasteiger partial charge in [0.15, 0.2) is 11.5 Å². The Morgan fingerprint density at radius 3 is 2.57 bits per heavy atom. The van der Waals surface area contributed by atoms with E-state index in [1.54, 1.807) is 7.11 Å². The van der Waals surface area contributed by atoms with Gasteiger partial charge in [0.2, 0.25) is 5.91 Å². The van der Waals surface area contributed by atoms with Crippen LogP contribution in [0.15, 0.2) is 72.8 Å². The summed E-state index contributed by atoms with van der Waals surface area (Å²) in [5, 5.41) is 3.33. The molecular weight excluding hydrogens is 436 g/mol. The highest BCUT2D eigenvalue weighted by Gasteiger charge is 2.57. The Morgan fingerprint density at radius 1 is 1.03 bits per heavy atom. The molecule has 0 radical (unpaired) electrons. The minimum Gasteiger partial charge on any atom is -0.493 e. The Balaban J connectivity index is 1.43. The number of amides is 1. The summed E-state index contributed by atoms with van der Waals surface area (Å²) in [5.74, 6) is 1.45. The van der Waals surface area contributed by atoms with Crippen molar-refractivity contribution in [3.05, 3.63) is 95.1 Å². The van der Waals surface area contributed by atoms with Crippen molar-refractivity contribution < 1.29 is 14.3 Å². The summed E-state index contributed by atoms with van der Waals surface area (Å²) in [6.07, 6.45) is 4.69. The zero-order chi connectivity index (χ0) is 24.6. The van der Waals surface area contributed by atoms with Crippen LogP contribution in [0.25, 0.3) is 6.08 Å². The number of fused-ring (bicyclic) bond motifs is 3. The second-order valence-electron chi connectivity index (χ2n) is 9.88. The van der Waals surface area contributed by atoms with Crippen LogP contribution in [0, 0.1) is 6.92 Å². The van der Waals surface area contributed by atoms with Crippen LogP contribution >= 0.6 is 0 Å². The summed E-state index contributed by atoms with van der Waals surface area (Å²) in [7, 11) is 1.65. The molecule has 2 aliphatic heterocycles. The smallest absolute Gasteiger partial charge is 0.223 e. The van der Waals surface area contributed by atoms with Crippen molar-refractivity contribution in [2.75, 3.05) is 18.6 Å². The molecule has 5 rings (SSSR count). The Labute approximate surface area is 207 Å². The largest absolute Gasteiger partial charge is 0.493 e. The van der Waals surface area contributed by atoms with Gasteiger partial charge in [0, 0.05) is 24.1 Å². The van der Waals surface area contributed by atoms with Crippen LogP contribution in [0.3, 0.4) is 0 Å². The van der Waals surface area contributed by atoms with E-state index < -0.39 is 5.66 Å². The summed E-state index contributed by atoms with van der Waals surface area (Å²) >= 11 is 0. The van der Waals surface area contributed by atoms with E-state index in [1.165, 1.54) is 16.8 Å². The summed E-state index contributed by atoms with van der Waals surface area (Å²) in [4.78, 5) is 14.9. The third kappa shape index (κ3) is 3.95. The van der Waals surface area contributed by atoms with E-state index in [-0.39, 0.29) is 11.3 Å². The second kappa shape index (κ2) is 8.81. The van der Waals surface area contributed by atoms with E-state index >= 15 is 0 Å². The second-order valence-corrected chi connectivity index (χ2v) is 9.88. The van der Waals surface area contributed by atoms with Crippen molar-refractivity contribution >= 4 is 17.7 Å². The van der Waals surface area contributed by atoms with E-state index in [4.69, 9.17) is 9.47 Å². The first-order chi connectivity index (χ1) is 16.8. The van der Waals surface area contributed by atoms with Crippen molar-refractivity contribution in [2.24, 2.45) is 0 Å². The van der Waals surface area contributed by atoms with E-state index in [1.807, 2.05) is 18.2 Å². The third-order valence-electron chi connectivity index (χ3n) is 7.36. The maximum absolute atomic E-state index is 12.6. The molecule has 1 saturated heterocycles. The predicted octanol–water partition coefficient (Wildman–Crippen LogP) is 5.61. The molecule has 5 heteroatoms. The number of methoxy groups -OCH3 is 1. The number of nitrogens with zero attached hydrogens (tertiary/aromatic N) is 1. The van der Waals surface area contributed by atoms with E-state index in [2.05, 4.69) is 91.7 Å². The van der Waals surface area contributed by atoms with Crippen LogP contribution in [0.4, 0.5) is 5.69 Å². The number of anilines is 1. The lowest BCUT2D eigenvalue weighted by atomic mass is 9.74. The summed E-state index contributed by atoms with van der Waals surface area (Å²) in [6, 6.07) is 22.7. The van der Waals surface area contributed by atoms with Crippen LogP contribution < -0.4 is 19.7 Å². The normalized spacial score (nSPS) is 20.3. The highest BCUT2D eigenvalue weighted by atomic mass is 16.5. The number of benzene rings is 3. The number of rotatable bonds is 6. The molecule has 3 aromatic rings. The van der Waals surface area contributed by atoms with Gasteiger partial charge in [0.1, 0.15) is 12.3 Å². The van der Waals surface area contributed by atoms with Gasteiger partial charge in [-0.15, -0.1) is 0 Å². The van der Waals surface area contributed by atoms with E-state index in [9.17, 15) is 4.79 Å². The molecule has 0 aliphatic carbocycles. The lowest BCUT2D eigenvalue weighted by Gasteiger charge is -2.49. The summed E-state index contributed by atoms with van der Waals surface area (Å²) < 4.78 is 11.7. The fourth-order valence-corrected chi connectivity index (χ4v) is 5.29. The number of aryl methyl sites for hydroxylation is 1. The molecule has 1 atom stereocenters. The molecule has 3 aromatic carbocycles. The predicted molar refractivity (Wildman–Crippen MR) is 140 cm³/mol. The third-order valence-corrected chi connectivity index (χ3v) is 7.36. The van der Waals surface area contributed by atoms with Crippen LogP contribution in [0.2, 0.25) is 0 Å². The van der Waals surface area contributed by atoms with Crippen LogP contribution in [-0.2, 0) is 16.8 Å². The standard InChI is InChI=1S/C30H32N2O3/c1-21-9-11-23(12-10-21)20-35-26-14-13-22(19-27(26)34-4)15-17-30-29(2,3)24-7-5-6-8-25(24)32(30)18-16-28(33)31-30/h5-15,17,19H,16,18,20H2,1-4H3,(H,31,33)/b17-15+/t30-/m0/s1. The summed E-state index contributed by atoms with van der Waals surface area (Å²) in [5.41, 5.74) is 4.78. The first-order valence-electron chi connectivity index (χ1n) is 12.1. The zero-order valence-corrected chi connectivity index (χ0v) is 20.8. The molecule has 0 aromatic heterocycles. The van der Waals surface area contributed by atoms with E-state index in [0.29, 0.717) is 31.1 Å². The minimum absolute atomic E-state index is 0.0733. The number of carbonyl (C=O) groups excluding carboxylic acids is 1. The lowest BCUT2D eigenvalue weighted by molar-refractivity contribution is -0.124. The molecule has 180 valence electrons. The maximum Gasteiger partial charge on any atom is 0.223 e. The molecule has 0 saturated carbocycles. The van der Waals surface area contributed by atoms with Crippen LogP contribution in [0.1, 0.15) is 42.5 Å². The van der Waals surface area contributed by atoms with Crippen molar-refractivity contribution in [3.8, 4) is 11.5 Å². The Bertz CT molecular complexity index is 1280. The highest BCUT2D eigenvalue weighted by molar-refractivity contribution is 5.84. The van der Waals surface area contributed by atoms with Crippen LogP contribution in [-0.4, -0.2) is 25.2 Å². The average molecular weight is 469 g/mol. The Hall–Kier alpha value is -3.73. The number of hydrogen-bond acceptors (Lipinski definition) is 4. The number of nitrogens with one attached hydrogen (secondary N) is 1. The van der Waals surface area contributed by atoms with Crippen LogP contribution in [0.5, 0.6) is 11.5 Å². The van der Waals surface area contributed by atoms with Crippen molar-refractivity contribution in [1.82, 2.24) is 5.32 Å². The maximum atomic E-state index is 12.6. The number of hydrogen-bond donors (Lipinski definition) is 1. The molecule has 5 nitrogen and oxygen atoms in total. The fourth-order valence-electron chi connectivity index (χ4n) is 5.29. The Morgan fingerprint density at radius 2 is 1.80 bits per heavy atom. The zero-order valence-electron chi connectivity index (χ0n) is 20.8. The molecule has 35 heavy (non-hydrogen) atoms. The van der Waals surface area contributed by atoms with Crippen molar-refractivity contribution in [2.45, 2.75) is 44.9 Å². The molecule has 1 fully saturated rings. The van der Waals surface area contributed by atoms with Gasteiger partial charge >= 0.3 is 0 Å². The topological polar surface area (TPSA) is 50.8 Å². The van der Waals surface area contributed by atoms with Gasteiger partial charge in [-0.25, -0.2) is 0 Å². The molecule has 0 unspecified atom stereocenters. The summed E-state index contributed by atoms with van der Waals surface area (Å²) in [6.45, 7) is 7.63. The SMILES string of the molecule is COc1cc(/C=C/[C@]23NC(=O)CCN2c2ccccc2C3(C)C)ccc1OCc1ccc(C)cc1. The molecule has 2 heterocycles. The quantitative estimate of drug-likeness (QED) is 0.511. The molecule has 1 amide bonds. The molecule has 1 N–H and O–H groups in total. The Kier molecular flexibility index (Phi) is 5.79. The average Bonchev–Trinajstić information content (AvgIpc) is 3.06. The minimum atomic E-state index is -0.639. The van der Waals surface area contributed by atoms with Gasteiger partial charge in [0.25, 0.3) is 0 Å². The molecular formula is C30H32N2O3. The van der Waals surface area contributed by atoms with Crippen molar-refractivity contribution in [1.29, 1.82) is 0 Å². The number of para-hydroxylation sites is 1. The first-order valence-corrected chi connectivity index (χ1v) is 12.1. The highest BCUT2D eigenvalue weighted by Crippen LogP contribution is 2.52. The molecule has 0 bridgehead atoms. The molecule has 2 aliphatic rings. The van der Waals surface area contributed by atoms with E-state index in [0.717, 1.165) is 11.1 Å². The van der Waals surface area contributed by atoms with Gasteiger partial charge in [-0.1, -0.05) is 74.0 Å². The monoisotopic (exact) mass is 468 g/mol.